The van der Waals surface area contributed by atoms with Gasteiger partial charge in [-0.25, -0.2) is 0 Å². The molecule has 0 saturated heterocycles. The predicted molar refractivity (Wildman–Crippen MR) is 118 cm³/mol. The van der Waals surface area contributed by atoms with Crippen LogP contribution in [0.5, 0.6) is 0 Å². The van der Waals surface area contributed by atoms with E-state index in [0.29, 0.717) is 0 Å². The average molecular weight is 400 g/mol. The highest BCUT2D eigenvalue weighted by Crippen LogP contribution is 2.41. The second-order valence-electron chi connectivity index (χ2n) is 8.09. The first kappa shape index (κ1) is 26.2. The predicted octanol–water partition coefficient (Wildman–Crippen LogP) is 7.77. The Hall–Kier alpha value is -0.840. The van der Waals surface area contributed by atoms with Crippen LogP contribution < -0.4 is 0 Å². The van der Waals surface area contributed by atoms with Crippen LogP contribution in [0.4, 0.5) is 0 Å². The molecule has 0 heterocycles. The maximum atomic E-state index is 12.0. The van der Waals surface area contributed by atoms with Crippen molar-refractivity contribution in [2.45, 2.75) is 109 Å². The van der Waals surface area contributed by atoms with Gasteiger partial charge in [0.1, 0.15) is 0 Å². The quantitative estimate of drug-likeness (QED) is 0.111. The molecule has 0 aliphatic heterocycles. The van der Waals surface area contributed by atoms with Gasteiger partial charge in [0.05, 0.1) is 5.92 Å². The molecule has 0 aliphatic rings. The van der Waals surface area contributed by atoms with E-state index in [1.54, 1.807) is 0 Å². The van der Waals surface area contributed by atoms with Crippen molar-refractivity contribution < 1.29 is 9.90 Å². The molecule has 0 fully saturated rings. The lowest BCUT2D eigenvalue weighted by Crippen LogP contribution is -2.39. The van der Waals surface area contributed by atoms with Crippen LogP contribution in [-0.2, 0) is 4.79 Å². The second-order valence-corrected chi connectivity index (χ2v) is 9.48. The number of aliphatic carboxylic acids is 1. The Bertz CT molecular complexity index is 424. The third kappa shape index (κ3) is 12.3. The van der Waals surface area contributed by atoms with Crippen molar-refractivity contribution in [3.05, 3.63) is 17.1 Å². The standard InChI is InChI=1S/C22H41NO3S/c1-5-7-9-11-13-15-17-19(18-16-14-12-10-8-6-2)20(21(24)25)22(3,4)27-23-26/h9,11,19-20H,5-8,10,12-18H2,1-4H3,(H,24,25). The topological polar surface area (TPSA) is 66.7 Å². The summed E-state index contributed by atoms with van der Waals surface area (Å²) in [5.41, 5.74) is 0. The molecule has 1 N–H and O–H groups in total. The van der Waals surface area contributed by atoms with Crippen molar-refractivity contribution in [3.63, 3.8) is 0 Å². The Morgan fingerprint density at radius 2 is 1.56 bits per heavy atom. The Balaban J connectivity index is 4.84. The molecule has 158 valence electrons. The SMILES string of the molecule is CCCC=CCCCC(CCCCCCCC)C(C(=O)O)C(C)(C)SN=O. The molecule has 27 heavy (non-hydrogen) atoms. The van der Waals surface area contributed by atoms with Gasteiger partial charge in [0.15, 0.2) is 0 Å². The molecule has 0 spiro atoms. The van der Waals surface area contributed by atoms with E-state index >= 15 is 0 Å². The van der Waals surface area contributed by atoms with Crippen LogP contribution in [0.1, 0.15) is 105 Å². The van der Waals surface area contributed by atoms with Crippen molar-refractivity contribution in [1.29, 1.82) is 0 Å². The summed E-state index contributed by atoms with van der Waals surface area (Å²) in [5, 5.41) is 9.88. The minimum atomic E-state index is -0.798. The van der Waals surface area contributed by atoms with Crippen LogP contribution in [0, 0.1) is 16.7 Å². The molecular formula is C22H41NO3S. The number of nitrogens with zero attached hydrogens (tertiary/aromatic N) is 1. The monoisotopic (exact) mass is 399 g/mol. The van der Waals surface area contributed by atoms with Gasteiger partial charge in [-0.1, -0.05) is 70.9 Å². The number of allylic oxidation sites excluding steroid dienone is 2. The summed E-state index contributed by atoms with van der Waals surface area (Å²) in [6, 6.07) is 0. The van der Waals surface area contributed by atoms with Crippen LogP contribution in [-0.4, -0.2) is 15.8 Å². The van der Waals surface area contributed by atoms with Crippen LogP contribution in [0.15, 0.2) is 16.7 Å². The highest BCUT2D eigenvalue weighted by Gasteiger charge is 2.41. The Labute approximate surface area is 171 Å². The highest BCUT2D eigenvalue weighted by molar-refractivity contribution is 7.99. The van der Waals surface area contributed by atoms with Gasteiger partial charge >= 0.3 is 5.97 Å². The first-order valence-electron chi connectivity index (χ1n) is 10.8. The molecule has 0 aromatic heterocycles. The van der Waals surface area contributed by atoms with Gasteiger partial charge < -0.3 is 5.11 Å². The molecule has 0 radical (unpaired) electrons. The van der Waals surface area contributed by atoms with Gasteiger partial charge in [-0.2, -0.15) is 0 Å². The van der Waals surface area contributed by atoms with Crippen LogP contribution in [0.25, 0.3) is 0 Å². The summed E-state index contributed by atoms with van der Waals surface area (Å²) in [4.78, 5) is 22.8. The van der Waals surface area contributed by atoms with E-state index in [2.05, 4.69) is 30.6 Å². The Morgan fingerprint density at radius 1 is 0.963 bits per heavy atom. The fourth-order valence-corrected chi connectivity index (χ4v) is 4.38. The van der Waals surface area contributed by atoms with Gasteiger partial charge in [0.25, 0.3) is 0 Å². The minimum Gasteiger partial charge on any atom is -0.481 e. The van der Waals surface area contributed by atoms with Gasteiger partial charge in [-0.05, 0) is 51.9 Å². The van der Waals surface area contributed by atoms with Gasteiger partial charge in [-0.3, -0.25) is 4.79 Å². The zero-order chi connectivity index (χ0) is 20.5. The number of unbranched alkanes of at least 4 members (excludes halogenated alkanes) is 7. The third-order valence-corrected chi connectivity index (χ3v) is 6.05. The molecule has 0 bridgehead atoms. The number of nitroso groups, excluding NO2 is 1. The summed E-state index contributed by atoms with van der Waals surface area (Å²) in [5.74, 6) is -1.25. The van der Waals surface area contributed by atoms with E-state index < -0.39 is 16.6 Å². The van der Waals surface area contributed by atoms with Crippen molar-refractivity contribution in [2.75, 3.05) is 0 Å². The largest absolute Gasteiger partial charge is 0.481 e. The summed E-state index contributed by atoms with van der Waals surface area (Å²) >= 11 is 0.874. The molecule has 4 nitrogen and oxygen atoms in total. The van der Waals surface area contributed by atoms with E-state index in [4.69, 9.17) is 0 Å². The third-order valence-electron chi connectivity index (χ3n) is 5.26. The maximum Gasteiger partial charge on any atom is 0.308 e. The smallest absolute Gasteiger partial charge is 0.308 e. The number of hydrogen-bond acceptors (Lipinski definition) is 4. The molecule has 0 amide bonds. The first-order valence-corrected chi connectivity index (χ1v) is 11.6. The summed E-state index contributed by atoms with van der Waals surface area (Å²) in [7, 11) is 0. The van der Waals surface area contributed by atoms with Gasteiger partial charge in [-0.15, -0.1) is 4.91 Å². The summed E-state index contributed by atoms with van der Waals surface area (Å²) < 4.78 is 2.26. The number of carboxylic acid groups (broad SMARTS) is 1. The fourth-order valence-electron chi connectivity index (χ4n) is 3.78. The van der Waals surface area contributed by atoms with Crippen LogP contribution in [0.3, 0.4) is 0 Å². The van der Waals surface area contributed by atoms with E-state index in [0.717, 1.165) is 56.9 Å². The first-order chi connectivity index (χ1) is 12.9. The lowest BCUT2D eigenvalue weighted by molar-refractivity contribution is -0.145. The van der Waals surface area contributed by atoms with E-state index in [-0.39, 0.29) is 5.92 Å². The fraction of sp³-hybridized carbons (Fsp3) is 0.864. The van der Waals surface area contributed by atoms with Gasteiger partial charge in [0.2, 0.25) is 0 Å². The molecule has 2 atom stereocenters. The van der Waals surface area contributed by atoms with E-state index in [9.17, 15) is 14.8 Å². The zero-order valence-electron chi connectivity index (χ0n) is 17.9. The second kappa shape index (κ2) is 16.1. The lowest BCUT2D eigenvalue weighted by Gasteiger charge is -2.34. The summed E-state index contributed by atoms with van der Waals surface area (Å²) in [6.07, 6.45) is 17.7. The molecule has 0 rings (SSSR count). The maximum absolute atomic E-state index is 12.0. The van der Waals surface area contributed by atoms with Crippen molar-refractivity contribution >= 4 is 17.9 Å². The van der Waals surface area contributed by atoms with E-state index in [1.807, 2.05) is 13.8 Å². The Morgan fingerprint density at radius 3 is 2.15 bits per heavy atom. The number of hydrogen-bond donors (Lipinski definition) is 1. The summed E-state index contributed by atoms with van der Waals surface area (Å²) in [6.45, 7) is 8.06. The normalized spacial score (nSPS) is 14.4. The highest BCUT2D eigenvalue weighted by atomic mass is 32.2. The molecule has 2 unspecified atom stereocenters. The molecule has 0 aromatic rings. The number of rotatable bonds is 18. The molecule has 0 aromatic carbocycles. The average Bonchev–Trinajstić information content (AvgIpc) is 2.59. The number of carbonyl (C=O) groups is 1. The lowest BCUT2D eigenvalue weighted by atomic mass is 9.77. The van der Waals surface area contributed by atoms with Crippen LogP contribution >= 0.6 is 11.9 Å². The molecule has 0 aliphatic carbocycles. The van der Waals surface area contributed by atoms with Crippen molar-refractivity contribution in [3.8, 4) is 0 Å². The van der Waals surface area contributed by atoms with Crippen molar-refractivity contribution in [2.24, 2.45) is 16.4 Å². The van der Waals surface area contributed by atoms with Crippen LogP contribution in [0.2, 0.25) is 0 Å². The van der Waals surface area contributed by atoms with E-state index in [1.165, 1.54) is 32.1 Å². The molecule has 0 saturated carbocycles. The number of carboxylic acids is 1. The molecular weight excluding hydrogens is 358 g/mol. The Kier molecular flexibility index (Phi) is 15.6. The van der Waals surface area contributed by atoms with Gasteiger partial charge in [0, 0.05) is 21.3 Å². The van der Waals surface area contributed by atoms with Crippen molar-refractivity contribution in [1.82, 2.24) is 0 Å². The minimum absolute atomic E-state index is 0.0949. The molecule has 5 heteroatoms. The zero-order valence-corrected chi connectivity index (χ0v) is 18.7.